The van der Waals surface area contributed by atoms with Crippen LogP contribution < -0.4 is 10.6 Å². The average Bonchev–Trinajstić information content (AvgIpc) is 3.45. The van der Waals surface area contributed by atoms with Crippen LogP contribution in [0.5, 0.6) is 0 Å². The molecule has 3 nitrogen and oxygen atoms in total. The van der Waals surface area contributed by atoms with Crippen molar-refractivity contribution in [2.24, 2.45) is 0 Å². The molecule has 0 saturated carbocycles. The van der Waals surface area contributed by atoms with Gasteiger partial charge in [0.05, 0.1) is 12.7 Å². The number of alkyl halides is 2. The molecule has 2 atom stereocenters. The molecule has 4 aromatic rings. The van der Waals surface area contributed by atoms with Gasteiger partial charge in [-0.1, -0.05) is 19.1 Å². The van der Waals surface area contributed by atoms with Crippen LogP contribution in [0.3, 0.4) is 0 Å². The lowest BCUT2D eigenvalue weighted by molar-refractivity contribution is 0.0927. The Bertz CT molecular complexity index is 1210. The largest absolute Gasteiger partial charge is 0.314 e. The summed E-state index contributed by atoms with van der Waals surface area (Å²) in [6.07, 6.45) is 1.28. The van der Waals surface area contributed by atoms with Gasteiger partial charge < -0.3 is 10.6 Å². The van der Waals surface area contributed by atoms with E-state index in [1.807, 2.05) is 30.5 Å². The molecule has 33 heavy (non-hydrogen) atoms. The smallest absolute Gasteiger partial charge is 0.182 e. The molecule has 2 aromatic carbocycles. The maximum absolute atomic E-state index is 13.7. The van der Waals surface area contributed by atoms with Crippen molar-refractivity contribution in [1.29, 1.82) is 0 Å². The number of benzene rings is 2. The van der Waals surface area contributed by atoms with Gasteiger partial charge in [0.2, 0.25) is 0 Å². The molecular formula is C26H28F2N2OS2. The first-order valence-corrected chi connectivity index (χ1v) is 12.9. The zero-order valence-corrected chi connectivity index (χ0v) is 20.2. The van der Waals surface area contributed by atoms with Gasteiger partial charge in [-0.2, -0.15) is 0 Å². The molecule has 2 unspecified atom stereocenters. The van der Waals surface area contributed by atoms with E-state index in [1.54, 1.807) is 28.7 Å². The summed E-state index contributed by atoms with van der Waals surface area (Å²) < 4.78 is 28.8. The second-order valence-electron chi connectivity index (χ2n) is 8.15. The van der Waals surface area contributed by atoms with Gasteiger partial charge in [0, 0.05) is 32.4 Å². The van der Waals surface area contributed by atoms with Crippen LogP contribution in [0, 0.1) is 0 Å². The molecule has 2 heterocycles. The zero-order valence-electron chi connectivity index (χ0n) is 18.6. The highest BCUT2D eigenvalue weighted by Gasteiger charge is 2.20. The van der Waals surface area contributed by atoms with Crippen LogP contribution in [-0.4, -0.2) is 37.8 Å². The number of rotatable bonds is 12. The van der Waals surface area contributed by atoms with Gasteiger partial charge in [0.1, 0.15) is 6.67 Å². The fourth-order valence-corrected chi connectivity index (χ4v) is 5.87. The number of carbonyl (C=O) groups is 1. The molecule has 0 amide bonds. The lowest BCUT2D eigenvalue weighted by Crippen LogP contribution is -2.38. The van der Waals surface area contributed by atoms with Crippen LogP contribution in [-0.2, 0) is 13.0 Å². The molecule has 0 aliphatic carbocycles. The van der Waals surface area contributed by atoms with Crippen molar-refractivity contribution in [3.8, 4) is 0 Å². The summed E-state index contributed by atoms with van der Waals surface area (Å²) in [6, 6.07) is 15.2. The van der Waals surface area contributed by atoms with Crippen LogP contribution in [0.15, 0.2) is 53.9 Å². The van der Waals surface area contributed by atoms with Crippen molar-refractivity contribution in [3.63, 3.8) is 0 Å². The highest BCUT2D eigenvalue weighted by Crippen LogP contribution is 2.28. The third-order valence-electron chi connectivity index (χ3n) is 5.79. The van der Waals surface area contributed by atoms with Crippen molar-refractivity contribution >= 4 is 48.6 Å². The molecular weight excluding hydrogens is 458 g/mol. The zero-order chi connectivity index (χ0) is 23.2. The van der Waals surface area contributed by atoms with Crippen LogP contribution in [0.4, 0.5) is 8.78 Å². The predicted molar refractivity (Wildman–Crippen MR) is 136 cm³/mol. The Morgan fingerprint density at radius 2 is 1.85 bits per heavy atom. The summed E-state index contributed by atoms with van der Waals surface area (Å²) >= 11 is 3.26. The van der Waals surface area contributed by atoms with Crippen molar-refractivity contribution in [2.75, 3.05) is 19.9 Å². The molecule has 174 valence electrons. The lowest BCUT2D eigenvalue weighted by Gasteiger charge is -2.16. The number of Topliss-reactive ketones (excluding diaryl/α,β-unsaturated/α-hetero) is 1. The number of ketones is 1. The Labute approximate surface area is 200 Å². The summed E-state index contributed by atoms with van der Waals surface area (Å²) in [4.78, 5) is 13.9. The van der Waals surface area contributed by atoms with E-state index in [2.05, 4.69) is 34.9 Å². The number of halogens is 2. The van der Waals surface area contributed by atoms with Gasteiger partial charge in [-0.25, -0.2) is 4.39 Å². The molecule has 0 bridgehead atoms. The molecule has 0 aliphatic rings. The van der Waals surface area contributed by atoms with Gasteiger partial charge in [0.25, 0.3) is 0 Å². The lowest BCUT2D eigenvalue weighted by atomic mass is 10.0. The van der Waals surface area contributed by atoms with E-state index < -0.39 is 12.7 Å². The number of thiophene rings is 2. The minimum atomic E-state index is -0.872. The molecule has 0 saturated heterocycles. The van der Waals surface area contributed by atoms with Crippen LogP contribution in [0.25, 0.3) is 20.2 Å². The minimum absolute atomic E-state index is 0.127. The standard InChI is InChI=1S/C26H28F2N2OS2/c1-2-29-21(7-9-27)12-17-3-5-25-20(11-17)14-22(33-25)16-30-23(15-28)26(31)19-4-6-24-18(13-19)8-10-32-24/h3-6,8,10-11,13-14,21,23,29-30H,2,7,9,12,15-16H2,1H3. The summed E-state index contributed by atoms with van der Waals surface area (Å²) in [5.74, 6) is -0.226. The van der Waals surface area contributed by atoms with Gasteiger partial charge in [0.15, 0.2) is 5.78 Å². The summed E-state index contributed by atoms with van der Waals surface area (Å²) in [6.45, 7) is 2.19. The number of carbonyl (C=O) groups excluding carboxylic acids is 1. The third kappa shape index (κ3) is 5.84. The first kappa shape index (κ1) is 24.0. The summed E-state index contributed by atoms with van der Waals surface area (Å²) in [5, 5.41) is 10.6. The predicted octanol–water partition coefficient (Wildman–Crippen LogP) is 6.31. The van der Waals surface area contributed by atoms with Crippen LogP contribution in [0.1, 0.15) is 34.1 Å². The Morgan fingerprint density at radius 3 is 2.64 bits per heavy atom. The summed E-state index contributed by atoms with van der Waals surface area (Å²) in [5.41, 5.74) is 1.69. The minimum Gasteiger partial charge on any atom is -0.314 e. The molecule has 0 radical (unpaired) electrons. The van der Waals surface area contributed by atoms with E-state index >= 15 is 0 Å². The molecule has 2 aromatic heterocycles. The number of hydrogen-bond donors (Lipinski definition) is 2. The van der Waals surface area contributed by atoms with E-state index in [9.17, 15) is 13.6 Å². The fourth-order valence-electron chi connectivity index (χ4n) is 4.11. The molecule has 0 fully saturated rings. The molecule has 4 rings (SSSR count). The number of fused-ring (bicyclic) bond motifs is 2. The van der Waals surface area contributed by atoms with E-state index in [-0.39, 0.29) is 18.5 Å². The van der Waals surface area contributed by atoms with E-state index in [4.69, 9.17) is 0 Å². The Balaban J connectivity index is 1.42. The molecule has 0 aliphatic heterocycles. The second kappa shape index (κ2) is 11.3. The first-order chi connectivity index (χ1) is 16.1. The highest BCUT2D eigenvalue weighted by atomic mass is 32.1. The van der Waals surface area contributed by atoms with Crippen molar-refractivity contribution in [1.82, 2.24) is 10.6 Å². The Hall–Kier alpha value is -2.19. The second-order valence-corrected chi connectivity index (χ2v) is 10.3. The van der Waals surface area contributed by atoms with Crippen LogP contribution >= 0.6 is 22.7 Å². The van der Waals surface area contributed by atoms with Crippen molar-refractivity contribution in [3.05, 3.63) is 69.9 Å². The monoisotopic (exact) mass is 486 g/mol. The maximum atomic E-state index is 13.7. The third-order valence-corrected chi connectivity index (χ3v) is 7.81. The van der Waals surface area contributed by atoms with Gasteiger partial charge in [-0.3, -0.25) is 9.18 Å². The molecule has 7 heteroatoms. The van der Waals surface area contributed by atoms with Gasteiger partial charge in [-0.05, 0) is 77.5 Å². The van der Waals surface area contributed by atoms with E-state index in [0.29, 0.717) is 18.5 Å². The van der Waals surface area contributed by atoms with Crippen molar-refractivity contribution < 1.29 is 13.6 Å². The van der Waals surface area contributed by atoms with Crippen LogP contribution in [0.2, 0.25) is 0 Å². The van der Waals surface area contributed by atoms with Gasteiger partial charge >= 0.3 is 0 Å². The number of hydrogen-bond acceptors (Lipinski definition) is 5. The number of nitrogens with one attached hydrogen (secondary N) is 2. The Kier molecular flexibility index (Phi) is 8.20. The van der Waals surface area contributed by atoms with Gasteiger partial charge in [-0.15, -0.1) is 22.7 Å². The average molecular weight is 487 g/mol. The van der Waals surface area contributed by atoms with E-state index in [0.717, 1.165) is 38.0 Å². The van der Waals surface area contributed by atoms with E-state index in [1.165, 1.54) is 5.56 Å². The molecule has 2 N–H and O–H groups in total. The SMILES string of the molecule is CCNC(CCF)Cc1ccc2sc(CNC(CF)C(=O)c3ccc4sccc4c3)cc2c1. The summed E-state index contributed by atoms with van der Waals surface area (Å²) in [7, 11) is 0. The first-order valence-electron chi connectivity index (χ1n) is 11.2. The van der Waals surface area contributed by atoms with Crippen molar-refractivity contribution in [2.45, 2.75) is 38.4 Å². The maximum Gasteiger partial charge on any atom is 0.182 e. The fraction of sp³-hybridized carbons (Fsp3) is 0.346. The topological polar surface area (TPSA) is 41.1 Å². The Morgan fingerprint density at radius 1 is 1.00 bits per heavy atom. The highest BCUT2D eigenvalue weighted by molar-refractivity contribution is 7.19. The molecule has 0 spiro atoms. The normalized spacial score (nSPS) is 13.5. The quantitative estimate of drug-likeness (QED) is 0.231. The number of likely N-dealkylation sites (N-methyl/N-ethyl adjacent to an activating group) is 1.